The van der Waals surface area contributed by atoms with Crippen molar-refractivity contribution in [2.45, 2.75) is 19.4 Å². The van der Waals surface area contributed by atoms with Gasteiger partial charge in [0.1, 0.15) is 0 Å². The molecular weight excluding hydrogens is 156 g/mol. The topological polar surface area (TPSA) is 64.9 Å². The maximum atomic E-state index is 11.8. The molecule has 0 bridgehead atoms. The number of hydrogen-bond donors (Lipinski definition) is 1. The second-order valence-electron chi connectivity index (χ2n) is 2.08. The van der Waals surface area contributed by atoms with Gasteiger partial charge in [-0.25, -0.2) is 0 Å². The minimum atomic E-state index is -2.73. The van der Waals surface area contributed by atoms with Crippen LogP contribution in [0.25, 0.3) is 0 Å². The maximum Gasteiger partial charge on any atom is 0.315 e. The molecule has 4 nitrogen and oxygen atoms in total. The SMILES string of the molecule is C[C@@H](N)c1noc(C(F)F)n1. The van der Waals surface area contributed by atoms with Crippen molar-refractivity contribution in [2.75, 3.05) is 0 Å². The summed E-state index contributed by atoms with van der Waals surface area (Å²) in [6, 6.07) is -0.480. The Labute approximate surface area is 61.4 Å². The van der Waals surface area contributed by atoms with E-state index < -0.39 is 18.4 Å². The molecule has 1 rings (SSSR count). The lowest BCUT2D eigenvalue weighted by atomic mass is 10.3. The van der Waals surface area contributed by atoms with Crippen molar-refractivity contribution in [2.24, 2.45) is 5.73 Å². The number of alkyl halides is 2. The molecular formula is C5H7F2N3O. The molecule has 6 heteroatoms. The molecule has 0 amide bonds. The molecule has 2 N–H and O–H groups in total. The first-order chi connectivity index (χ1) is 5.11. The minimum Gasteiger partial charge on any atom is -0.333 e. The molecule has 11 heavy (non-hydrogen) atoms. The van der Waals surface area contributed by atoms with Gasteiger partial charge in [0.2, 0.25) is 0 Å². The highest BCUT2D eigenvalue weighted by atomic mass is 19.3. The molecule has 1 aromatic rings. The van der Waals surface area contributed by atoms with Crippen LogP contribution in [0.2, 0.25) is 0 Å². The van der Waals surface area contributed by atoms with E-state index in [1.807, 2.05) is 0 Å². The molecule has 0 aliphatic heterocycles. The van der Waals surface area contributed by atoms with Crippen molar-refractivity contribution in [3.8, 4) is 0 Å². The van der Waals surface area contributed by atoms with Crippen molar-refractivity contribution in [1.82, 2.24) is 10.1 Å². The smallest absolute Gasteiger partial charge is 0.315 e. The van der Waals surface area contributed by atoms with E-state index in [0.29, 0.717) is 0 Å². The quantitative estimate of drug-likeness (QED) is 0.707. The molecule has 0 saturated carbocycles. The summed E-state index contributed by atoms with van der Waals surface area (Å²) in [5.41, 5.74) is 5.30. The Bertz CT molecular complexity index is 213. The summed E-state index contributed by atoms with van der Waals surface area (Å²) >= 11 is 0. The average Bonchev–Trinajstić information content (AvgIpc) is 2.33. The zero-order valence-electron chi connectivity index (χ0n) is 5.79. The first-order valence-electron chi connectivity index (χ1n) is 2.98. The summed E-state index contributed by atoms with van der Waals surface area (Å²) < 4.78 is 27.8. The van der Waals surface area contributed by atoms with Crippen LogP contribution >= 0.6 is 0 Å². The van der Waals surface area contributed by atoms with Crippen LogP contribution in [0.3, 0.4) is 0 Å². The normalized spacial score (nSPS) is 13.9. The highest BCUT2D eigenvalue weighted by Crippen LogP contribution is 2.17. The zero-order valence-corrected chi connectivity index (χ0v) is 5.79. The molecule has 0 unspecified atom stereocenters. The summed E-state index contributed by atoms with van der Waals surface area (Å²) in [7, 11) is 0. The molecule has 0 saturated heterocycles. The molecule has 1 heterocycles. The fraction of sp³-hybridized carbons (Fsp3) is 0.600. The number of nitrogens with zero attached hydrogens (tertiary/aromatic N) is 2. The van der Waals surface area contributed by atoms with Crippen molar-refractivity contribution in [1.29, 1.82) is 0 Å². The Balaban J connectivity index is 2.82. The van der Waals surface area contributed by atoms with Crippen molar-refractivity contribution >= 4 is 0 Å². The summed E-state index contributed by atoms with van der Waals surface area (Å²) in [5.74, 6) is -0.586. The number of nitrogens with two attached hydrogens (primary N) is 1. The fourth-order valence-electron chi connectivity index (χ4n) is 0.521. The third kappa shape index (κ3) is 1.70. The van der Waals surface area contributed by atoms with E-state index in [9.17, 15) is 8.78 Å². The van der Waals surface area contributed by atoms with Gasteiger partial charge in [-0.05, 0) is 6.92 Å². The lowest BCUT2D eigenvalue weighted by Gasteiger charge is -1.92. The minimum absolute atomic E-state index is 0.0975. The predicted octanol–water partition coefficient (Wildman–Crippen LogP) is 1.03. The lowest BCUT2D eigenvalue weighted by Crippen LogP contribution is -2.06. The standard InChI is InChI=1S/C5H7F2N3O/c1-2(8)4-9-5(3(6)7)11-10-4/h2-3H,8H2,1H3/t2-/m1/s1. The predicted molar refractivity (Wildman–Crippen MR) is 31.9 cm³/mol. The van der Waals surface area contributed by atoms with E-state index >= 15 is 0 Å². The summed E-state index contributed by atoms with van der Waals surface area (Å²) in [6.07, 6.45) is -2.73. The second kappa shape index (κ2) is 2.91. The van der Waals surface area contributed by atoms with Gasteiger partial charge in [0.15, 0.2) is 5.82 Å². The first kappa shape index (κ1) is 8.06. The highest BCUT2D eigenvalue weighted by molar-refractivity contribution is 4.91. The molecule has 0 aromatic carbocycles. The lowest BCUT2D eigenvalue weighted by molar-refractivity contribution is 0.106. The fourth-order valence-corrected chi connectivity index (χ4v) is 0.521. The molecule has 1 aromatic heterocycles. The molecule has 0 fully saturated rings. The van der Waals surface area contributed by atoms with Gasteiger partial charge in [-0.2, -0.15) is 13.8 Å². The number of hydrogen-bond acceptors (Lipinski definition) is 4. The van der Waals surface area contributed by atoms with Crippen LogP contribution in [0.1, 0.15) is 31.1 Å². The van der Waals surface area contributed by atoms with Gasteiger partial charge in [-0.1, -0.05) is 5.16 Å². The van der Waals surface area contributed by atoms with E-state index in [1.165, 1.54) is 0 Å². The number of aromatic nitrogens is 2. The zero-order chi connectivity index (χ0) is 8.43. The first-order valence-corrected chi connectivity index (χ1v) is 2.98. The molecule has 1 atom stereocenters. The van der Waals surface area contributed by atoms with Crippen molar-refractivity contribution in [3.05, 3.63) is 11.7 Å². The van der Waals surface area contributed by atoms with Gasteiger partial charge in [0.25, 0.3) is 5.89 Å². The van der Waals surface area contributed by atoms with Crippen LogP contribution < -0.4 is 5.73 Å². The van der Waals surface area contributed by atoms with Crippen LogP contribution in [0.5, 0.6) is 0 Å². The summed E-state index contributed by atoms with van der Waals surface area (Å²) in [6.45, 7) is 1.58. The Kier molecular flexibility index (Phi) is 2.13. The molecule has 62 valence electrons. The van der Waals surface area contributed by atoms with Gasteiger partial charge >= 0.3 is 6.43 Å². The molecule has 0 radical (unpaired) electrons. The molecule has 0 aliphatic rings. The Morgan fingerprint density at radius 1 is 1.55 bits per heavy atom. The second-order valence-corrected chi connectivity index (χ2v) is 2.08. The molecule has 0 spiro atoms. The van der Waals surface area contributed by atoms with Crippen molar-refractivity contribution < 1.29 is 13.3 Å². The summed E-state index contributed by atoms with van der Waals surface area (Å²) in [4.78, 5) is 3.36. The van der Waals surface area contributed by atoms with Crippen LogP contribution in [-0.4, -0.2) is 10.1 Å². The van der Waals surface area contributed by atoms with Gasteiger partial charge in [-0.15, -0.1) is 0 Å². The number of halogens is 2. The van der Waals surface area contributed by atoms with Crippen LogP contribution in [0, 0.1) is 0 Å². The summed E-state index contributed by atoms with van der Waals surface area (Å²) in [5, 5.41) is 3.25. The van der Waals surface area contributed by atoms with E-state index in [2.05, 4.69) is 14.7 Å². The third-order valence-corrected chi connectivity index (χ3v) is 1.05. The van der Waals surface area contributed by atoms with Crippen molar-refractivity contribution in [3.63, 3.8) is 0 Å². The Morgan fingerprint density at radius 3 is 2.45 bits per heavy atom. The van der Waals surface area contributed by atoms with Gasteiger partial charge in [0.05, 0.1) is 6.04 Å². The van der Waals surface area contributed by atoms with Crippen LogP contribution in [0.15, 0.2) is 4.52 Å². The van der Waals surface area contributed by atoms with E-state index in [0.717, 1.165) is 0 Å². The van der Waals surface area contributed by atoms with Gasteiger partial charge in [0, 0.05) is 0 Å². The van der Waals surface area contributed by atoms with Gasteiger partial charge < -0.3 is 10.3 Å². The Morgan fingerprint density at radius 2 is 2.18 bits per heavy atom. The monoisotopic (exact) mass is 163 g/mol. The maximum absolute atomic E-state index is 11.8. The van der Waals surface area contributed by atoms with Gasteiger partial charge in [-0.3, -0.25) is 0 Å². The average molecular weight is 163 g/mol. The highest BCUT2D eigenvalue weighted by Gasteiger charge is 2.17. The van der Waals surface area contributed by atoms with E-state index in [1.54, 1.807) is 6.92 Å². The van der Waals surface area contributed by atoms with Crippen LogP contribution in [-0.2, 0) is 0 Å². The van der Waals surface area contributed by atoms with E-state index in [-0.39, 0.29) is 5.82 Å². The molecule has 0 aliphatic carbocycles. The number of rotatable bonds is 2. The Hall–Kier alpha value is -1.04. The largest absolute Gasteiger partial charge is 0.333 e. The van der Waals surface area contributed by atoms with Crippen LogP contribution in [0.4, 0.5) is 8.78 Å². The van der Waals surface area contributed by atoms with E-state index in [4.69, 9.17) is 5.73 Å². The third-order valence-electron chi connectivity index (χ3n) is 1.05.